The molecule has 0 saturated carbocycles. The Morgan fingerprint density at radius 3 is 2.67 bits per heavy atom. The number of amides is 1. The fraction of sp³-hybridized carbons (Fsp3) is 0.353. The molecule has 4 heteroatoms. The lowest BCUT2D eigenvalue weighted by molar-refractivity contribution is 0.0754. The Morgan fingerprint density at radius 2 is 2.10 bits per heavy atom. The predicted molar refractivity (Wildman–Crippen MR) is 90.1 cm³/mol. The summed E-state index contributed by atoms with van der Waals surface area (Å²) in [6, 6.07) is 9.96. The number of nitrogens with one attached hydrogen (secondary N) is 1. The summed E-state index contributed by atoms with van der Waals surface area (Å²) in [4.78, 5) is 15.7. The van der Waals surface area contributed by atoms with Gasteiger partial charge in [-0.3, -0.25) is 4.79 Å². The molecule has 0 bridgehead atoms. The minimum Gasteiger partial charge on any atom is -0.385 e. The Hall–Kier alpha value is -1.81. The summed E-state index contributed by atoms with van der Waals surface area (Å²) >= 11 is 1.69. The van der Waals surface area contributed by atoms with Gasteiger partial charge in [-0.2, -0.15) is 0 Å². The van der Waals surface area contributed by atoms with Crippen LogP contribution in [0.15, 0.2) is 35.7 Å². The molecule has 0 aliphatic heterocycles. The molecule has 1 N–H and O–H groups in total. The Labute approximate surface area is 130 Å². The number of anilines is 1. The van der Waals surface area contributed by atoms with Crippen LogP contribution >= 0.6 is 11.3 Å². The lowest BCUT2D eigenvalue weighted by atomic mass is 10.1. The largest absolute Gasteiger partial charge is 0.385 e. The van der Waals surface area contributed by atoms with Gasteiger partial charge in [-0.1, -0.05) is 6.07 Å². The van der Waals surface area contributed by atoms with Crippen LogP contribution in [0.25, 0.3) is 0 Å². The van der Waals surface area contributed by atoms with Crippen LogP contribution in [0.2, 0.25) is 0 Å². The van der Waals surface area contributed by atoms with Crippen molar-refractivity contribution in [2.24, 2.45) is 0 Å². The summed E-state index contributed by atoms with van der Waals surface area (Å²) in [7, 11) is 0. The number of hydrogen-bond donors (Lipinski definition) is 1. The number of nitrogens with zero attached hydrogens (tertiary/aromatic N) is 1. The van der Waals surface area contributed by atoms with Crippen LogP contribution in [0.3, 0.4) is 0 Å². The van der Waals surface area contributed by atoms with Gasteiger partial charge in [0.15, 0.2) is 0 Å². The van der Waals surface area contributed by atoms with Crippen molar-refractivity contribution in [3.05, 3.63) is 51.7 Å². The number of aryl methyl sites for hydroxylation is 1. The van der Waals surface area contributed by atoms with Crippen LogP contribution in [0.4, 0.5) is 5.69 Å². The third kappa shape index (κ3) is 3.85. The zero-order valence-corrected chi connectivity index (χ0v) is 13.7. The molecule has 0 atom stereocenters. The summed E-state index contributed by atoms with van der Waals surface area (Å²) in [5.74, 6) is 0.0945. The molecule has 0 aliphatic carbocycles. The van der Waals surface area contributed by atoms with E-state index >= 15 is 0 Å². The molecule has 21 heavy (non-hydrogen) atoms. The van der Waals surface area contributed by atoms with E-state index in [2.05, 4.69) is 18.3 Å². The summed E-state index contributed by atoms with van der Waals surface area (Å²) < 4.78 is 0. The molecule has 0 aliphatic rings. The average molecular weight is 302 g/mol. The topological polar surface area (TPSA) is 32.3 Å². The summed E-state index contributed by atoms with van der Waals surface area (Å²) in [6.07, 6.45) is 0. The first-order valence-corrected chi connectivity index (χ1v) is 8.19. The number of thiophene rings is 1. The van der Waals surface area contributed by atoms with E-state index in [4.69, 9.17) is 0 Å². The van der Waals surface area contributed by atoms with Crippen LogP contribution in [0.1, 0.15) is 34.6 Å². The first-order valence-electron chi connectivity index (χ1n) is 7.31. The molecule has 1 amide bonds. The van der Waals surface area contributed by atoms with Crippen molar-refractivity contribution in [3.63, 3.8) is 0 Å². The van der Waals surface area contributed by atoms with Crippen LogP contribution in [-0.2, 0) is 6.54 Å². The van der Waals surface area contributed by atoms with Crippen LogP contribution in [0.5, 0.6) is 0 Å². The van der Waals surface area contributed by atoms with Crippen molar-refractivity contribution in [2.45, 2.75) is 27.3 Å². The van der Waals surface area contributed by atoms with E-state index in [1.54, 1.807) is 11.3 Å². The molecule has 1 aromatic carbocycles. The highest BCUT2D eigenvalue weighted by Gasteiger charge is 2.15. The first-order chi connectivity index (χ1) is 10.2. The maximum absolute atomic E-state index is 12.6. The fourth-order valence-corrected chi connectivity index (χ4v) is 3.01. The molecule has 0 fully saturated rings. The van der Waals surface area contributed by atoms with Crippen LogP contribution < -0.4 is 5.32 Å². The van der Waals surface area contributed by atoms with Gasteiger partial charge in [0.05, 0.1) is 6.54 Å². The minimum atomic E-state index is 0.0945. The van der Waals surface area contributed by atoms with Gasteiger partial charge in [-0.15, -0.1) is 11.3 Å². The van der Waals surface area contributed by atoms with Gasteiger partial charge in [0.25, 0.3) is 5.91 Å². The summed E-state index contributed by atoms with van der Waals surface area (Å²) in [6.45, 7) is 8.40. The highest BCUT2D eigenvalue weighted by Crippen LogP contribution is 2.19. The van der Waals surface area contributed by atoms with Crippen molar-refractivity contribution >= 4 is 22.9 Å². The van der Waals surface area contributed by atoms with E-state index in [-0.39, 0.29) is 5.91 Å². The third-order valence-electron chi connectivity index (χ3n) is 3.44. The van der Waals surface area contributed by atoms with Gasteiger partial charge in [0, 0.05) is 29.2 Å². The number of carbonyl (C=O) groups is 1. The smallest absolute Gasteiger partial charge is 0.254 e. The zero-order chi connectivity index (χ0) is 15.2. The molecule has 2 rings (SSSR count). The molecule has 0 unspecified atom stereocenters. The Morgan fingerprint density at radius 1 is 1.29 bits per heavy atom. The van der Waals surface area contributed by atoms with Gasteiger partial charge in [-0.05, 0) is 56.0 Å². The van der Waals surface area contributed by atoms with Gasteiger partial charge in [0.1, 0.15) is 0 Å². The number of rotatable bonds is 6. The maximum atomic E-state index is 12.6. The second kappa shape index (κ2) is 7.27. The van der Waals surface area contributed by atoms with Crippen molar-refractivity contribution in [1.29, 1.82) is 0 Å². The SMILES string of the molecule is CCNc1ccc(C(=O)N(CC)Cc2cccs2)cc1C. The zero-order valence-electron chi connectivity index (χ0n) is 12.8. The monoisotopic (exact) mass is 302 g/mol. The lowest BCUT2D eigenvalue weighted by Crippen LogP contribution is -2.30. The Bertz CT molecular complexity index is 593. The van der Waals surface area contributed by atoms with Gasteiger partial charge in [-0.25, -0.2) is 0 Å². The van der Waals surface area contributed by atoms with Gasteiger partial charge >= 0.3 is 0 Å². The number of benzene rings is 1. The standard InChI is InChI=1S/C17H22N2OS/c1-4-18-16-9-8-14(11-13(16)3)17(20)19(5-2)12-15-7-6-10-21-15/h6-11,18H,4-5,12H2,1-3H3. The maximum Gasteiger partial charge on any atom is 0.254 e. The summed E-state index contributed by atoms with van der Waals surface area (Å²) in [5, 5.41) is 5.34. The van der Waals surface area contributed by atoms with Crippen molar-refractivity contribution < 1.29 is 4.79 Å². The molecular weight excluding hydrogens is 280 g/mol. The molecule has 112 valence electrons. The highest BCUT2D eigenvalue weighted by atomic mass is 32.1. The van der Waals surface area contributed by atoms with Crippen LogP contribution in [-0.4, -0.2) is 23.9 Å². The molecule has 1 heterocycles. The molecule has 0 radical (unpaired) electrons. The second-order valence-electron chi connectivity index (χ2n) is 4.96. The van der Waals surface area contributed by atoms with Crippen LogP contribution in [0, 0.1) is 6.92 Å². The van der Waals surface area contributed by atoms with E-state index in [9.17, 15) is 4.79 Å². The van der Waals surface area contributed by atoms with E-state index in [0.717, 1.165) is 23.4 Å². The van der Waals surface area contributed by atoms with Crippen molar-refractivity contribution in [2.75, 3.05) is 18.4 Å². The van der Waals surface area contributed by atoms with E-state index in [1.165, 1.54) is 4.88 Å². The lowest BCUT2D eigenvalue weighted by Gasteiger charge is -2.21. The fourth-order valence-electron chi connectivity index (χ4n) is 2.29. The predicted octanol–water partition coefficient (Wildman–Crippen LogP) is 4.15. The highest BCUT2D eigenvalue weighted by molar-refractivity contribution is 7.09. The van der Waals surface area contributed by atoms with E-state index in [1.807, 2.05) is 48.4 Å². The van der Waals surface area contributed by atoms with E-state index in [0.29, 0.717) is 13.1 Å². The third-order valence-corrected chi connectivity index (χ3v) is 4.30. The Balaban J connectivity index is 2.15. The van der Waals surface area contributed by atoms with Gasteiger partial charge < -0.3 is 10.2 Å². The van der Waals surface area contributed by atoms with Crippen molar-refractivity contribution in [3.8, 4) is 0 Å². The molecule has 1 aromatic heterocycles. The van der Waals surface area contributed by atoms with E-state index < -0.39 is 0 Å². The molecule has 3 nitrogen and oxygen atoms in total. The number of hydrogen-bond acceptors (Lipinski definition) is 3. The minimum absolute atomic E-state index is 0.0945. The normalized spacial score (nSPS) is 10.4. The molecule has 0 spiro atoms. The first kappa shape index (κ1) is 15.6. The van der Waals surface area contributed by atoms with Crippen molar-refractivity contribution in [1.82, 2.24) is 4.90 Å². The summed E-state index contributed by atoms with van der Waals surface area (Å²) in [5.41, 5.74) is 2.96. The Kier molecular flexibility index (Phi) is 5.39. The molecule has 0 saturated heterocycles. The quantitative estimate of drug-likeness (QED) is 0.869. The molecular formula is C17H22N2OS. The second-order valence-corrected chi connectivity index (χ2v) is 5.99. The number of carbonyl (C=O) groups excluding carboxylic acids is 1. The average Bonchev–Trinajstić information content (AvgIpc) is 2.99. The molecule has 2 aromatic rings. The van der Waals surface area contributed by atoms with Gasteiger partial charge in [0.2, 0.25) is 0 Å².